The predicted octanol–water partition coefficient (Wildman–Crippen LogP) is 2.19. The van der Waals surface area contributed by atoms with Crippen LogP contribution in [0.3, 0.4) is 0 Å². The molecule has 0 saturated carbocycles. The Kier molecular flexibility index (Phi) is 2.52. The zero-order valence-electron chi connectivity index (χ0n) is 5.97. The third kappa shape index (κ3) is 1.49. The fourth-order valence-corrected chi connectivity index (χ4v) is 0.780. The molecule has 0 aromatic carbocycles. The van der Waals surface area contributed by atoms with Gasteiger partial charge in [-0.15, -0.1) is 0 Å². The maximum Gasteiger partial charge on any atom is 0.284 e. The molecular formula is C7H6F3NO. The Bertz CT molecular complexity index is 277. The van der Waals surface area contributed by atoms with E-state index in [4.69, 9.17) is 5.11 Å². The van der Waals surface area contributed by atoms with Crippen LogP contribution in [0.15, 0.2) is 12.3 Å². The maximum absolute atomic E-state index is 12.0. The second-order valence-electron chi connectivity index (χ2n) is 2.14. The molecule has 0 aliphatic heterocycles. The lowest BCUT2D eigenvalue weighted by molar-refractivity contribution is 0.141. The Morgan fingerprint density at radius 3 is 2.67 bits per heavy atom. The largest absolute Gasteiger partial charge is 0.505 e. The van der Waals surface area contributed by atoms with Gasteiger partial charge in [-0.1, -0.05) is 0 Å². The number of hydrogen-bond donors (Lipinski definition) is 1. The molecule has 0 saturated heterocycles. The number of nitrogens with zero attached hydrogens (tertiary/aromatic N) is 1. The van der Waals surface area contributed by atoms with Gasteiger partial charge >= 0.3 is 0 Å². The highest BCUT2D eigenvalue weighted by atomic mass is 19.3. The standard InChI is InChI=1S/C7H6F3NO/c8-3-4-1-2-11-5(6(4)12)7(9)10/h1-2,7,12H,3H2. The van der Waals surface area contributed by atoms with Gasteiger partial charge in [-0.2, -0.15) is 0 Å². The molecule has 0 spiro atoms. The Morgan fingerprint density at radius 1 is 1.50 bits per heavy atom. The Hall–Kier alpha value is -1.26. The van der Waals surface area contributed by atoms with Gasteiger partial charge in [-0.25, -0.2) is 13.2 Å². The van der Waals surface area contributed by atoms with E-state index in [0.29, 0.717) is 0 Å². The molecule has 2 nitrogen and oxygen atoms in total. The summed E-state index contributed by atoms with van der Waals surface area (Å²) in [7, 11) is 0. The third-order valence-electron chi connectivity index (χ3n) is 1.39. The van der Waals surface area contributed by atoms with Crippen molar-refractivity contribution < 1.29 is 18.3 Å². The predicted molar refractivity (Wildman–Crippen MR) is 35.7 cm³/mol. The van der Waals surface area contributed by atoms with Gasteiger partial charge in [0.05, 0.1) is 0 Å². The topological polar surface area (TPSA) is 33.1 Å². The van der Waals surface area contributed by atoms with Gasteiger partial charge in [0.25, 0.3) is 6.43 Å². The van der Waals surface area contributed by atoms with E-state index in [-0.39, 0.29) is 5.56 Å². The van der Waals surface area contributed by atoms with Crippen LogP contribution in [0, 0.1) is 0 Å². The lowest BCUT2D eigenvalue weighted by Crippen LogP contribution is -1.93. The van der Waals surface area contributed by atoms with Crippen molar-refractivity contribution in [3.05, 3.63) is 23.5 Å². The van der Waals surface area contributed by atoms with Crippen LogP contribution in [-0.4, -0.2) is 10.1 Å². The molecule has 12 heavy (non-hydrogen) atoms. The Balaban J connectivity index is 3.14. The third-order valence-corrected chi connectivity index (χ3v) is 1.39. The van der Waals surface area contributed by atoms with Gasteiger partial charge in [-0.05, 0) is 6.07 Å². The molecule has 0 atom stereocenters. The first-order valence-corrected chi connectivity index (χ1v) is 3.17. The molecule has 0 aliphatic carbocycles. The van der Waals surface area contributed by atoms with Crippen molar-refractivity contribution in [1.29, 1.82) is 0 Å². The molecule has 1 aromatic rings. The van der Waals surface area contributed by atoms with Crippen LogP contribution in [0.5, 0.6) is 5.75 Å². The van der Waals surface area contributed by atoms with E-state index in [1.165, 1.54) is 0 Å². The molecule has 66 valence electrons. The average Bonchev–Trinajstić information content (AvgIpc) is 2.04. The molecule has 0 radical (unpaired) electrons. The zero-order valence-corrected chi connectivity index (χ0v) is 5.97. The van der Waals surface area contributed by atoms with Gasteiger partial charge in [0.15, 0.2) is 0 Å². The molecule has 1 rings (SSSR count). The summed E-state index contributed by atoms with van der Waals surface area (Å²) in [5.41, 5.74) is -0.939. The smallest absolute Gasteiger partial charge is 0.284 e. The van der Waals surface area contributed by atoms with E-state index in [1.54, 1.807) is 0 Å². The van der Waals surface area contributed by atoms with E-state index in [9.17, 15) is 13.2 Å². The molecule has 1 heterocycles. The summed E-state index contributed by atoms with van der Waals surface area (Å²) in [6.45, 7) is -0.978. The van der Waals surface area contributed by atoms with Gasteiger partial charge in [0.2, 0.25) is 0 Å². The van der Waals surface area contributed by atoms with Gasteiger partial charge in [0.1, 0.15) is 18.1 Å². The van der Waals surface area contributed by atoms with E-state index in [2.05, 4.69) is 4.98 Å². The molecule has 5 heteroatoms. The van der Waals surface area contributed by atoms with Crippen LogP contribution in [0.4, 0.5) is 13.2 Å². The lowest BCUT2D eigenvalue weighted by Gasteiger charge is -2.04. The second-order valence-corrected chi connectivity index (χ2v) is 2.14. The summed E-state index contributed by atoms with van der Waals surface area (Å²) >= 11 is 0. The van der Waals surface area contributed by atoms with Crippen molar-refractivity contribution in [2.24, 2.45) is 0 Å². The number of alkyl halides is 3. The fourth-order valence-electron chi connectivity index (χ4n) is 0.780. The number of aromatic nitrogens is 1. The fraction of sp³-hybridized carbons (Fsp3) is 0.286. The summed E-state index contributed by atoms with van der Waals surface area (Å²) in [4.78, 5) is 3.22. The summed E-state index contributed by atoms with van der Waals surface area (Å²) in [5, 5.41) is 8.98. The highest BCUT2D eigenvalue weighted by Crippen LogP contribution is 2.28. The van der Waals surface area contributed by atoms with E-state index in [0.717, 1.165) is 12.3 Å². The van der Waals surface area contributed by atoms with Gasteiger partial charge in [-0.3, -0.25) is 4.98 Å². The van der Waals surface area contributed by atoms with Crippen LogP contribution in [-0.2, 0) is 6.67 Å². The van der Waals surface area contributed by atoms with Crippen LogP contribution in [0.1, 0.15) is 17.7 Å². The van der Waals surface area contributed by atoms with Crippen molar-refractivity contribution in [3.8, 4) is 5.75 Å². The van der Waals surface area contributed by atoms with E-state index < -0.39 is 24.5 Å². The van der Waals surface area contributed by atoms with Crippen molar-refractivity contribution in [1.82, 2.24) is 4.98 Å². The van der Waals surface area contributed by atoms with Gasteiger partial charge < -0.3 is 5.11 Å². The molecular weight excluding hydrogens is 171 g/mol. The number of halogens is 3. The Morgan fingerprint density at radius 2 is 2.17 bits per heavy atom. The first kappa shape index (κ1) is 8.83. The molecule has 0 unspecified atom stereocenters. The second kappa shape index (κ2) is 3.42. The molecule has 1 N–H and O–H groups in total. The van der Waals surface area contributed by atoms with Crippen molar-refractivity contribution in [3.63, 3.8) is 0 Å². The monoisotopic (exact) mass is 177 g/mol. The summed E-state index contributed by atoms with van der Waals surface area (Å²) < 4.78 is 36.0. The van der Waals surface area contributed by atoms with E-state index >= 15 is 0 Å². The zero-order chi connectivity index (χ0) is 9.14. The van der Waals surface area contributed by atoms with Crippen LogP contribution in [0.2, 0.25) is 0 Å². The minimum absolute atomic E-state index is 0.166. The molecule has 1 aromatic heterocycles. The van der Waals surface area contributed by atoms with Crippen LogP contribution < -0.4 is 0 Å². The minimum Gasteiger partial charge on any atom is -0.505 e. The number of hydrogen-bond acceptors (Lipinski definition) is 2. The number of aromatic hydroxyl groups is 1. The summed E-state index contributed by atoms with van der Waals surface area (Å²) in [6.07, 6.45) is -1.84. The SMILES string of the molecule is Oc1c(CF)ccnc1C(F)F. The summed E-state index contributed by atoms with van der Waals surface area (Å²) in [6, 6.07) is 1.15. The van der Waals surface area contributed by atoms with Crippen LogP contribution in [0.25, 0.3) is 0 Å². The first-order chi connectivity index (χ1) is 5.66. The van der Waals surface area contributed by atoms with E-state index in [1.807, 2.05) is 0 Å². The first-order valence-electron chi connectivity index (χ1n) is 3.17. The highest BCUT2D eigenvalue weighted by molar-refractivity contribution is 5.35. The van der Waals surface area contributed by atoms with Crippen molar-refractivity contribution in [2.75, 3.05) is 0 Å². The lowest BCUT2D eigenvalue weighted by atomic mass is 10.2. The van der Waals surface area contributed by atoms with Crippen LogP contribution >= 0.6 is 0 Å². The normalized spacial score (nSPS) is 10.7. The molecule has 0 amide bonds. The maximum atomic E-state index is 12.0. The van der Waals surface area contributed by atoms with Gasteiger partial charge in [0, 0.05) is 11.8 Å². The Labute approximate surface area is 66.7 Å². The number of rotatable bonds is 2. The number of pyridine rings is 1. The highest BCUT2D eigenvalue weighted by Gasteiger charge is 2.16. The average molecular weight is 177 g/mol. The molecule has 0 fully saturated rings. The molecule has 0 aliphatic rings. The van der Waals surface area contributed by atoms with Crippen molar-refractivity contribution in [2.45, 2.75) is 13.1 Å². The van der Waals surface area contributed by atoms with Crippen molar-refractivity contribution >= 4 is 0 Å². The minimum atomic E-state index is -2.88. The quantitative estimate of drug-likeness (QED) is 0.751. The molecule has 0 bridgehead atoms. The summed E-state index contributed by atoms with van der Waals surface area (Å²) in [5.74, 6) is -0.755.